The van der Waals surface area contributed by atoms with E-state index >= 15 is 0 Å². The number of rotatable bonds is 5. The normalized spacial score (nSPS) is 25.1. The molecule has 1 heterocycles. The van der Waals surface area contributed by atoms with E-state index in [0.29, 0.717) is 25.9 Å². The molecule has 1 atom stereocenters. The highest BCUT2D eigenvalue weighted by atomic mass is 16.4. The molecule has 0 spiro atoms. The first kappa shape index (κ1) is 12.9. The molecule has 2 fully saturated rings. The topological polar surface area (TPSA) is 86.7 Å². The average Bonchev–Trinajstić information content (AvgIpc) is 3.04. The van der Waals surface area contributed by atoms with Crippen molar-refractivity contribution in [3.05, 3.63) is 0 Å². The van der Waals surface area contributed by atoms with Gasteiger partial charge in [-0.3, -0.25) is 14.4 Å². The molecular weight excluding hydrogens is 236 g/mol. The molecule has 0 aromatic carbocycles. The summed E-state index contributed by atoms with van der Waals surface area (Å²) in [4.78, 5) is 36.0. The first-order valence-corrected chi connectivity index (χ1v) is 6.27. The number of hydrogen-bond acceptors (Lipinski definition) is 3. The number of carbonyl (C=O) groups is 3. The molecule has 1 aliphatic carbocycles. The van der Waals surface area contributed by atoms with Gasteiger partial charge >= 0.3 is 5.97 Å². The summed E-state index contributed by atoms with van der Waals surface area (Å²) in [5.74, 6) is -1.38. The number of nitrogens with zero attached hydrogens (tertiary/aromatic N) is 1. The van der Waals surface area contributed by atoms with Crippen LogP contribution >= 0.6 is 0 Å². The molecule has 0 aromatic heterocycles. The van der Waals surface area contributed by atoms with Gasteiger partial charge in [0.05, 0.1) is 11.3 Å². The third-order valence-corrected chi connectivity index (χ3v) is 3.88. The second-order valence-corrected chi connectivity index (χ2v) is 5.14. The molecule has 2 amide bonds. The van der Waals surface area contributed by atoms with Crippen molar-refractivity contribution in [1.29, 1.82) is 0 Å². The quantitative estimate of drug-likeness (QED) is 0.713. The van der Waals surface area contributed by atoms with Crippen LogP contribution in [0.2, 0.25) is 0 Å². The van der Waals surface area contributed by atoms with Crippen molar-refractivity contribution >= 4 is 17.8 Å². The van der Waals surface area contributed by atoms with Crippen LogP contribution in [0.15, 0.2) is 0 Å². The van der Waals surface area contributed by atoms with E-state index in [-0.39, 0.29) is 30.7 Å². The average molecular weight is 254 g/mol. The summed E-state index contributed by atoms with van der Waals surface area (Å²) in [6.45, 7) is 3.11. The van der Waals surface area contributed by atoms with Crippen LogP contribution in [0.4, 0.5) is 0 Å². The first-order chi connectivity index (χ1) is 8.48. The molecule has 1 unspecified atom stereocenters. The monoisotopic (exact) mass is 254 g/mol. The Hall–Kier alpha value is -1.59. The van der Waals surface area contributed by atoms with Crippen molar-refractivity contribution in [2.24, 2.45) is 11.3 Å². The van der Waals surface area contributed by atoms with Gasteiger partial charge in [0, 0.05) is 26.1 Å². The summed E-state index contributed by atoms with van der Waals surface area (Å²) in [5, 5.41) is 11.7. The van der Waals surface area contributed by atoms with E-state index in [9.17, 15) is 14.4 Å². The highest BCUT2D eigenvalue weighted by Crippen LogP contribution is 2.45. The molecular formula is C12H18N2O4. The number of nitrogens with one attached hydrogen (secondary N) is 1. The second kappa shape index (κ2) is 4.59. The van der Waals surface area contributed by atoms with E-state index in [4.69, 9.17) is 5.11 Å². The van der Waals surface area contributed by atoms with Gasteiger partial charge in [0.1, 0.15) is 0 Å². The molecule has 1 saturated heterocycles. The zero-order chi connectivity index (χ0) is 13.3. The minimum atomic E-state index is -0.847. The third kappa shape index (κ3) is 2.32. The lowest BCUT2D eigenvalue weighted by Crippen LogP contribution is -2.38. The van der Waals surface area contributed by atoms with E-state index in [0.717, 1.165) is 0 Å². The van der Waals surface area contributed by atoms with Crippen LogP contribution in [0, 0.1) is 11.3 Å². The molecule has 2 aliphatic rings. The number of carboxylic acid groups (broad SMARTS) is 1. The molecule has 6 nitrogen and oxygen atoms in total. The summed E-state index contributed by atoms with van der Waals surface area (Å²) in [5.41, 5.74) is -0.747. The molecule has 100 valence electrons. The van der Waals surface area contributed by atoms with Crippen molar-refractivity contribution in [1.82, 2.24) is 10.2 Å². The SMILES string of the molecule is CCN1CC(C(=O)NCC2(C(=O)O)CC2)CC1=O. The number of carbonyl (C=O) groups excluding carboxylic acids is 2. The zero-order valence-electron chi connectivity index (χ0n) is 10.4. The van der Waals surface area contributed by atoms with E-state index in [1.807, 2.05) is 6.92 Å². The van der Waals surface area contributed by atoms with E-state index in [1.165, 1.54) is 0 Å². The molecule has 6 heteroatoms. The van der Waals surface area contributed by atoms with Crippen molar-refractivity contribution in [3.8, 4) is 0 Å². The van der Waals surface area contributed by atoms with Gasteiger partial charge in [-0.25, -0.2) is 0 Å². The Morgan fingerprint density at radius 2 is 2.17 bits per heavy atom. The lowest BCUT2D eigenvalue weighted by Gasteiger charge is -2.15. The predicted molar refractivity (Wildman–Crippen MR) is 62.7 cm³/mol. The van der Waals surface area contributed by atoms with Crippen LogP contribution < -0.4 is 5.32 Å². The molecule has 2 N–H and O–H groups in total. The van der Waals surface area contributed by atoms with Crippen LogP contribution in [0.25, 0.3) is 0 Å². The Morgan fingerprint density at radius 3 is 2.61 bits per heavy atom. The van der Waals surface area contributed by atoms with Crippen LogP contribution in [0.1, 0.15) is 26.2 Å². The Bertz CT molecular complexity index is 390. The van der Waals surface area contributed by atoms with Gasteiger partial charge in [-0.2, -0.15) is 0 Å². The Labute approximate surface area is 105 Å². The van der Waals surface area contributed by atoms with Gasteiger partial charge < -0.3 is 15.3 Å². The number of carboxylic acids is 1. The fraction of sp³-hybridized carbons (Fsp3) is 0.750. The molecule has 0 aromatic rings. The maximum atomic E-state index is 11.9. The third-order valence-electron chi connectivity index (χ3n) is 3.88. The van der Waals surface area contributed by atoms with Gasteiger partial charge in [0.2, 0.25) is 11.8 Å². The lowest BCUT2D eigenvalue weighted by atomic mass is 10.1. The van der Waals surface area contributed by atoms with Gasteiger partial charge in [0.15, 0.2) is 0 Å². The number of likely N-dealkylation sites (tertiary alicyclic amines) is 1. The van der Waals surface area contributed by atoms with Gasteiger partial charge in [0.25, 0.3) is 0 Å². The number of hydrogen-bond donors (Lipinski definition) is 2. The Kier molecular flexibility index (Phi) is 3.28. The fourth-order valence-electron chi connectivity index (χ4n) is 2.27. The van der Waals surface area contributed by atoms with Crippen molar-refractivity contribution in [3.63, 3.8) is 0 Å². The number of amides is 2. The van der Waals surface area contributed by atoms with Crippen LogP contribution in [0.3, 0.4) is 0 Å². The van der Waals surface area contributed by atoms with Crippen molar-refractivity contribution < 1.29 is 19.5 Å². The lowest BCUT2D eigenvalue weighted by molar-refractivity contribution is -0.143. The molecule has 1 aliphatic heterocycles. The fourth-order valence-corrected chi connectivity index (χ4v) is 2.27. The highest BCUT2D eigenvalue weighted by Gasteiger charge is 2.50. The highest BCUT2D eigenvalue weighted by molar-refractivity contribution is 5.89. The molecule has 18 heavy (non-hydrogen) atoms. The largest absolute Gasteiger partial charge is 0.481 e. The summed E-state index contributed by atoms with van der Waals surface area (Å²) in [6, 6.07) is 0. The maximum absolute atomic E-state index is 11.9. The minimum Gasteiger partial charge on any atom is -0.481 e. The standard InChI is InChI=1S/C12H18N2O4/c1-2-14-6-8(5-9(14)15)10(16)13-7-12(3-4-12)11(17)18/h8H,2-7H2,1H3,(H,13,16)(H,17,18). The van der Waals surface area contributed by atoms with E-state index < -0.39 is 11.4 Å². The molecule has 0 bridgehead atoms. The summed E-state index contributed by atoms with van der Waals surface area (Å²) in [7, 11) is 0. The molecule has 1 saturated carbocycles. The first-order valence-electron chi connectivity index (χ1n) is 6.27. The van der Waals surface area contributed by atoms with Crippen LogP contribution in [-0.4, -0.2) is 47.4 Å². The minimum absolute atomic E-state index is 0.00276. The van der Waals surface area contributed by atoms with Gasteiger partial charge in [-0.1, -0.05) is 0 Å². The molecule has 2 rings (SSSR count). The maximum Gasteiger partial charge on any atom is 0.311 e. The Balaban J connectivity index is 1.83. The smallest absolute Gasteiger partial charge is 0.311 e. The van der Waals surface area contributed by atoms with Gasteiger partial charge in [-0.15, -0.1) is 0 Å². The van der Waals surface area contributed by atoms with Crippen molar-refractivity contribution in [2.75, 3.05) is 19.6 Å². The van der Waals surface area contributed by atoms with Crippen LogP contribution in [0.5, 0.6) is 0 Å². The summed E-state index contributed by atoms with van der Waals surface area (Å²) >= 11 is 0. The van der Waals surface area contributed by atoms with Gasteiger partial charge in [-0.05, 0) is 19.8 Å². The Morgan fingerprint density at radius 1 is 1.50 bits per heavy atom. The second-order valence-electron chi connectivity index (χ2n) is 5.14. The summed E-state index contributed by atoms with van der Waals surface area (Å²) < 4.78 is 0. The van der Waals surface area contributed by atoms with E-state index in [2.05, 4.69) is 5.32 Å². The summed E-state index contributed by atoms with van der Waals surface area (Å²) in [6.07, 6.45) is 1.47. The zero-order valence-corrected chi connectivity index (χ0v) is 10.4. The van der Waals surface area contributed by atoms with Crippen LogP contribution in [-0.2, 0) is 14.4 Å². The predicted octanol–water partition coefficient (Wildman–Crippen LogP) is -0.164. The van der Waals surface area contributed by atoms with E-state index in [1.54, 1.807) is 4.90 Å². The van der Waals surface area contributed by atoms with Crippen molar-refractivity contribution in [2.45, 2.75) is 26.2 Å². The number of aliphatic carboxylic acids is 1. The molecule has 0 radical (unpaired) electrons.